The molecule has 9 heteroatoms. The number of piperidine rings is 2. The summed E-state index contributed by atoms with van der Waals surface area (Å²) >= 11 is 1.28. The normalized spacial score (nSPS) is 18.8. The van der Waals surface area contributed by atoms with Crippen LogP contribution in [0.5, 0.6) is 0 Å². The molecule has 0 spiro atoms. The number of hydrogen-bond acceptors (Lipinski definition) is 6. The van der Waals surface area contributed by atoms with Gasteiger partial charge in [-0.15, -0.1) is 0 Å². The van der Waals surface area contributed by atoms with E-state index in [1.54, 1.807) is 22.5 Å². The lowest BCUT2D eigenvalue weighted by Gasteiger charge is -2.30. The standard InChI is InChI=1S/C25H29N3O4S2/c29-24(27-14-6-2-7-15-27)23(19-10-4-1-5-11-19)33-25-26-21-18-20(12-13-22(21)32-25)34(30,31)28-16-8-3-9-17-28/h1,4-5,10-13,18,23H,2-3,6-9,14-17H2/t23-/m0/s1. The molecule has 0 radical (unpaired) electrons. The Labute approximate surface area is 204 Å². The highest BCUT2D eigenvalue weighted by atomic mass is 32.2. The third-order valence-corrected chi connectivity index (χ3v) is 9.49. The van der Waals surface area contributed by atoms with Gasteiger partial charge in [-0.05, 0) is 67.6 Å². The molecule has 0 unspecified atom stereocenters. The van der Waals surface area contributed by atoms with E-state index in [0.29, 0.717) is 29.4 Å². The van der Waals surface area contributed by atoms with E-state index < -0.39 is 15.3 Å². The lowest BCUT2D eigenvalue weighted by Crippen LogP contribution is -2.38. The number of sulfonamides is 1. The Hall–Kier alpha value is -2.36. The molecule has 34 heavy (non-hydrogen) atoms. The van der Waals surface area contributed by atoms with Gasteiger partial charge in [0, 0.05) is 26.2 Å². The van der Waals surface area contributed by atoms with E-state index in [-0.39, 0.29) is 10.8 Å². The Kier molecular flexibility index (Phi) is 6.94. The maximum atomic E-state index is 13.4. The molecule has 2 aliphatic heterocycles. The maximum absolute atomic E-state index is 13.4. The van der Waals surface area contributed by atoms with Crippen LogP contribution in [0.4, 0.5) is 0 Å². The van der Waals surface area contributed by atoms with Gasteiger partial charge in [0.05, 0.1) is 4.90 Å². The summed E-state index contributed by atoms with van der Waals surface area (Å²) in [7, 11) is -3.55. The number of fused-ring (bicyclic) bond motifs is 1. The molecule has 2 saturated heterocycles. The molecule has 3 heterocycles. The molecule has 2 aliphatic rings. The Balaban J connectivity index is 1.42. The number of carbonyl (C=O) groups excluding carboxylic acids is 1. The lowest BCUT2D eigenvalue weighted by molar-refractivity contribution is -0.131. The van der Waals surface area contributed by atoms with Gasteiger partial charge in [0.15, 0.2) is 5.58 Å². The summed E-state index contributed by atoms with van der Waals surface area (Å²) in [5.41, 5.74) is 1.90. The molecule has 2 fully saturated rings. The number of rotatable bonds is 6. The Morgan fingerprint density at radius 2 is 1.59 bits per heavy atom. The highest BCUT2D eigenvalue weighted by molar-refractivity contribution is 8.00. The van der Waals surface area contributed by atoms with Gasteiger partial charge >= 0.3 is 0 Å². The summed E-state index contributed by atoms with van der Waals surface area (Å²) in [4.78, 5) is 20.2. The summed E-state index contributed by atoms with van der Waals surface area (Å²) < 4.78 is 33.6. The highest BCUT2D eigenvalue weighted by Gasteiger charge is 2.30. The molecule has 1 aromatic heterocycles. The average molecular weight is 500 g/mol. The first kappa shape index (κ1) is 23.4. The number of likely N-dealkylation sites (tertiary alicyclic amines) is 1. The van der Waals surface area contributed by atoms with E-state index in [1.165, 1.54) is 11.8 Å². The molecule has 180 valence electrons. The zero-order valence-corrected chi connectivity index (χ0v) is 20.7. The summed E-state index contributed by atoms with van der Waals surface area (Å²) in [6.07, 6.45) is 6.04. The van der Waals surface area contributed by atoms with Crippen LogP contribution in [-0.4, -0.2) is 54.7 Å². The maximum Gasteiger partial charge on any atom is 0.257 e. The van der Waals surface area contributed by atoms with Crippen LogP contribution in [0.1, 0.15) is 49.3 Å². The number of oxazole rings is 1. The monoisotopic (exact) mass is 499 g/mol. The predicted molar refractivity (Wildman–Crippen MR) is 132 cm³/mol. The van der Waals surface area contributed by atoms with Gasteiger partial charge in [-0.25, -0.2) is 13.4 Å². The Morgan fingerprint density at radius 3 is 2.29 bits per heavy atom. The molecule has 0 saturated carbocycles. The van der Waals surface area contributed by atoms with E-state index in [4.69, 9.17) is 4.42 Å². The van der Waals surface area contributed by atoms with Crippen molar-refractivity contribution in [1.29, 1.82) is 0 Å². The van der Waals surface area contributed by atoms with Gasteiger partial charge in [0.1, 0.15) is 10.8 Å². The number of nitrogens with zero attached hydrogens (tertiary/aromatic N) is 3. The van der Waals surface area contributed by atoms with E-state index in [0.717, 1.165) is 57.2 Å². The quantitative estimate of drug-likeness (QED) is 0.451. The van der Waals surface area contributed by atoms with Crippen LogP contribution >= 0.6 is 11.8 Å². The van der Waals surface area contributed by atoms with Gasteiger partial charge in [0.25, 0.3) is 5.22 Å². The van der Waals surface area contributed by atoms with Crippen molar-refractivity contribution < 1.29 is 17.6 Å². The van der Waals surface area contributed by atoms with Crippen molar-refractivity contribution in [3.05, 3.63) is 54.1 Å². The minimum atomic E-state index is -3.55. The molecule has 0 aliphatic carbocycles. The first-order chi connectivity index (χ1) is 16.5. The van der Waals surface area contributed by atoms with Crippen molar-refractivity contribution >= 4 is 38.8 Å². The first-order valence-electron chi connectivity index (χ1n) is 11.9. The number of hydrogen-bond donors (Lipinski definition) is 0. The molecule has 2 aromatic carbocycles. The third-order valence-electron chi connectivity index (χ3n) is 6.51. The average Bonchev–Trinajstić information content (AvgIpc) is 3.30. The fraction of sp³-hybridized carbons (Fsp3) is 0.440. The largest absolute Gasteiger partial charge is 0.431 e. The molecule has 5 rings (SSSR count). The zero-order chi connectivity index (χ0) is 23.5. The molecular weight excluding hydrogens is 470 g/mol. The fourth-order valence-corrected chi connectivity index (χ4v) is 7.19. The number of aromatic nitrogens is 1. The van der Waals surface area contributed by atoms with Gasteiger partial charge < -0.3 is 9.32 Å². The molecule has 3 aromatic rings. The SMILES string of the molecule is O=C([C@@H](Sc1nc2cc(S(=O)(=O)N3CCCCC3)ccc2o1)c1ccccc1)N1CCCCC1. The van der Waals surface area contributed by atoms with Crippen LogP contribution in [0.25, 0.3) is 11.1 Å². The van der Waals surface area contributed by atoms with E-state index in [1.807, 2.05) is 35.2 Å². The summed E-state index contributed by atoms with van der Waals surface area (Å²) in [5, 5.41) is -0.106. The second-order valence-corrected chi connectivity index (χ2v) is 11.9. The number of thioether (sulfide) groups is 1. The van der Waals surface area contributed by atoms with Crippen LogP contribution < -0.4 is 0 Å². The molecular formula is C25H29N3O4S2. The first-order valence-corrected chi connectivity index (χ1v) is 14.3. The highest BCUT2D eigenvalue weighted by Crippen LogP contribution is 2.38. The van der Waals surface area contributed by atoms with Crippen LogP contribution in [0.15, 0.2) is 63.1 Å². The van der Waals surface area contributed by atoms with E-state index >= 15 is 0 Å². The summed E-state index contributed by atoms with van der Waals surface area (Å²) in [5.74, 6) is 0.0616. The topological polar surface area (TPSA) is 83.7 Å². The molecule has 7 nitrogen and oxygen atoms in total. The number of benzene rings is 2. The van der Waals surface area contributed by atoms with Crippen LogP contribution in [0.2, 0.25) is 0 Å². The fourth-order valence-electron chi connectivity index (χ4n) is 4.62. The minimum Gasteiger partial charge on any atom is -0.431 e. The van der Waals surface area contributed by atoms with Crippen LogP contribution in [0.3, 0.4) is 0 Å². The second kappa shape index (κ2) is 10.1. The minimum absolute atomic E-state index is 0.0616. The van der Waals surface area contributed by atoms with E-state index in [9.17, 15) is 13.2 Å². The van der Waals surface area contributed by atoms with E-state index in [2.05, 4.69) is 4.98 Å². The zero-order valence-electron chi connectivity index (χ0n) is 19.1. The molecule has 0 N–H and O–H groups in total. The van der Waals surface area contributed by atoms with Crippen molar-refractivity contribution in [1.82, 2.24) is 14.2 Å². The van der Waals surface area contributed by atoms with Crippen molar-refractivity contribution in [3.8, 4) is 0 Å². The summed E-state index contributed by atoms with van der Waals surface area (Å²) in [6, 6.07) is 14.5. The van der Waals surface area contributed by atoms with Gasteiger partial charge in [-0.3, -0.25) is 4.79 Å². The van der Waals surface area contributed by atoms with Crippen molar-refractivity contribution in [2.24, 2.45) is 0 Å². The van der Waals surface area contributed by atoms with Gasteiger partial charge in [-0.2, -0.15) is 4.31 Å². The third kappa shape index (κ3) is 4.87. The second-order valence-electron chi connectivity index (χ2n) is 8.87. The van der Waals surface area contributed by atoms with Gasteiger partial charge in [0.2, 0.25) is 15.9 Å². The Morgan fingerprint density at radius 1 is 0.912 bits per heavy atom. The predicted octanol–water partition coefficient (Wildman–Crippen LogP) is 4.85. The Bertz CT molecular complexity index is 1250. The molecule has 1 amide bonds. The molecule has 1 atom stereocenters. The van der Waals surface area contributed by atoms with Crippen LogP contribution in [-0.2, 0) is 14.8 Å². The summed E-state index contributed by atoms with van der Waals surface area (Å²) in [6.45, 7) is 2.65. The number of carbonyl (C=O) groups is 1. The van der Waals surface area contributed by atoms with Crippen molar-refractivity contribution in [2.75, 3.05) is 26.2 Å². The number of amides is 1. The smallest absolute Gasteiger partial charge is 0.257 e. The lowest BCUT2D eigenvalue weighted by atomic mass is 10.1. The van der Waals surface area contributed by atoms with Crippen molar-refractivity contribution in [2.45, 2.75) is 53.9 Å². The van der Waals surface area contributed by atoms with Crippen molar-refractivity contribution in [3.63, 3.8) is 0 Å². The molecule has 0 bridgehead atoms. The van der Waals surface area contributed by atoms with Crippen LogP contribution in [0, 0.1) is 0 Å². The van der Waals surface area contributed by atoms with Gasteiger partial charge in [-0.1, -0.05) is 36.8 Å².